The summed E-state index contributed by atoms with van der Waals surface area (Å²) in [5, 5.41) is 2.94. The van der Waals surface area contributed by atoms with Crippen molar-refractivity contribution in [3.05, 3.63) is 35.4 Å². The average molecular weight is 334 g/mol. The number of benzene rings is 1. The second-order valence-electron chi connectivity index (χ2n) is 7.21. The summed E-state index contributed by atoms with van der Waals surface area (Å²) in [5.41, 5.74) is -0.663. The Labute approximate surface area is 139 Å². The van der Waals surface area contributed by atoms with E-state index in [1.807, 2.05) is 4.90 Å². The van der Waals surface area contributed by atoms with E-state index in [2.05, 4.69) is 5.32 Å². The van der Waals surface area contributed by atoms with Crippen molar-refractivity contribution < 1.29 is 18.4 Å². The van der Waals surface area contributed by atoms with Gasteiger partial charge in [-0.1, -0.05) is 12.5 Å². The van der Waals surface area contributed by atoms with Crippen LogP contribution in [0.3, 0.4) is 0 Å². The van der Waals surface area contributed by atoms with Gasteiger partial charge in [-0.25, -0.2) is 8.78 Å². The van der Waals surface area contributed by atoms with Crippen LogP contribution in [0, 0.1) is 11.6 Å². The number of halogens is 2. The van der Waals surface area contributed by atoms with E-state index in [1.54, 1.807) is 0 Å². The van der Waals surface area contributed by atoms with Crippen molar-refractivity contribution in [2.75, 3.05) is 6.54 Å². The van der Waals surface area contributed by atoms with E-state index < -0.39 is 17.0 Å². The fraction of sp³-hybridized carbons (Fsp3) is 0.556. The van der Waals surface area contributed by atoms with Gasteiger partial charge in [0.25, 0.3) is 0 Å². The largest absolute Gasteiger partial charge is 0.350 e. The third kappa shape index (κ3) is 2.48. The number of carbonyl (C=O) groups excluding carboxylic acids is 2. The van der Waals surface area contributed by atoms with Crippen LogP contribution in [0.1, 0.15) is 44.1 Å². The van der Waals surface area contributed by atoms with E-state index in [4.69, 9.17) is 0 Å². The number of hydrogen-bond donors (Lipinski definition) is 1. The molecule has 1 unspecified atom stereocenters. The first kappa shape index (κ1) is 15.5. The van der Waals surface area contributed by atoms with E-state index in [1.165, 1.54) is 12.1 Å². The maximum atomic E-state index is 14.2. The van der Waals surface area contributed by atoms with Crippen LogP contribution in [0.25, 0.3) is 0 Å². The van der Waals surface area contributed by atoms with Crippen LogP contribution in [0.4, 0.5) is 8.78 Å². The van der Waals surface area contributed by atoms with Crippen LogP contribution in [-0.2, 0) is 15.0 Å². The second kappa shape index (κ2) is 5.53. The molecule has 0 bridgehead atoms. The summed E-state index contributed by atoms with van der Waals surface area (Å²) in [4.78, 5) is 26.7. The summed E-state index contributed by atoms with van der Waals surface area (Å²) in [7, 11) is 0. The van der Waals surface area contributed by atoms with E-state index in [0.717, 1.165) is 25.3 Å². The molecule has 3 fully saturated rings. The summed E-state index contributed by atoms with van der Waals surface area (Å²) < 4.78 is 27.4. The lowest BCUT2D eigenvalue weighted by Crippen LogP contribution is -2.53. The molecule has 24 heavy (non-hydrogen) atoms. The minimum atomic E-state index is -0.923. The molecule has 2 aliphatic carbocycles. The van der Waals surface area contributed by atoms with Crippen molar-refractivity contribution >= 4 is 11.8 Å². The summed E-state index contributed by atoms with van der Waals surface area (Å²) >= 11 is 0. The Kier molecular flexibility index (Phi) is 3.58. The Bertz CT molecular complexity index is 698. The van der Waals surface area contributed by atoms with Gasteiger partial charge in [0.2, 0.25) is 11.8 Å². The number of hydrogen-bond acceptors (Lipinski definition) is 2. The molecule has 1 aromatic rings. The van der Waals surface area contributed by atoms with Crippen LogP contribution in [0.5, 0.6) is 0 Å². The van der Waals surface area contributed by atoms with Crippen molar-refractivity contribution in [2.24, 2.45) is 0 Å². The SMILES string of the molecule is O=C1CC(NC(=O)C2(c3ccc(F)cc3F)CCC2)CN1C1CC1. The third-order valence-electron chi connectivity index (χ3n) is 5.57. The average Bonchev–Trinajstić information content (AvgIpc) is 3.24. The van der Waals surface area contributed by atoms with Crippen molar-refractivity contribution in [1.29, 1.82) is 0 Å². The Balaban J connectivity index is 1.51. The Morgan fingerprint density at radius 3 is 2.58 bits per heavy atom. The van der Waals surface area contributed by atoms with Crippen LogP contribution in [0.15, 0.2) is 18.2 Å². The molecule has 2 amide bonds. The first-order chi connectivity index (χ1) is 11.5. The summed E-state index contributed by atoms with van der Waals surface area (Å²) in [6, 6.07) is 3.52. The number of likely N-dealkylation sites (tertiary alicyclic amines) is 1. The highest BCUT2D eigenvalue weighted by atomic mass is 19.1. The molecule has 0 aromatic heterocycles. The fourth-order valence-electron chi connectivity index (χ4n) is 3.92. The first-order valence-electron chi connectivity index (χ1n) is 8.55. The van der Waals surface area contributed by atoms with E-state index in [9.17, 15) is 18.4 Å². The zero-order valence-corrected chi connectivity index (χ0v) is 13.4. The van der Waals surface area contributed by atoms with Crippen molar-refractivity contribution in [1.82, 2.24) is 10.2 Å². The number of amides is 2. The molecule has 1 aromatic carbocycles. The van der Waals surface area contributed by atoms with Crippen molar-refractivity contribution in [3.8, 4) is 0 Å². The lowest BCUT2D eigenvalue weighted by molar-refractivity contribution is -0.130. The minimum Gasteiger partial charge on any atom is -0.350 e. The van der Waals surface area contributed by atoms with E-state index in [-0.39, 0.29) is 23.4 Å². The molecule has 3 aliphatic rings. The van der Waals surface area contributed by atoms with Crippen LogP contribution < -0.4 is 5.32 Å². The van der Waals surface area contributed by atoms with Crippen LogP contribution >= 0.6 is 0 Å². The molecule has 1 heterocycles. The Morgan fingerprint density at radius 1 is 1.25 bits per heavy atom. The minimum absolute atomic E-state index is 0.0819. The molecule has 2 saturated carbocycles. The highest BCUT2D eigenvalue weighted by Gasteiger charge is 2.49. The second-order valence-corrected chi connectivity index (χ2v) is 7.21. The van der Waals surface area contributed by atoms with Gasteiger partial charge in [0.15, 0.2) is 0 Å². The van der Waals surface area contributed by atoms with Crippen LogP contribution in [0.2, 0.25) is 0 Å². The molecule has 4 rings (SSSR count). The van der Waals surface area contributed by atoms with Gasteiger partial charge in [-0.2, -0.15) is 0 Å². The number of nitrogens with one attached hydrogen (secondary N) is 1. The number of nitrogens with zero attached hydrogens (tertiary/aromatic N) is 1. The third-order valence-corrected chi connectivity index (χ3v) is 5.57. The molecule has 128 valence electrons. The molecule has 0 radical (unpaired) electrons. The fourth-order valence-corrected chi connectivity index (χ4v) is 3.92. The highest BCUT2D eigenvalue weighted by Crippen LogP contribution is 2.45. The standard InChI is InChI=1S/C18H20F2N2O2/c19-11-2-5-14(15(20)8-11)18(6-1-7-18)17(24)21-12-9-16(23)22(10-12)13-3-4-13/h2,5,8,12-13H,1,3-4,6-7,9-10H2,(H,21,24). The molecule has 1 aliphatic heterocycles. The predicted octanol–water partition coefficient (Wildman–Crippen LogP) is 2.27. The lowest BCUT2D eigenvalue weighted by Gasteiger charge is -2.41. The smallest absolute Gasteiger partial charge is 0.231 e. The van der Waals surface area contributed by atoms with Gasteiger partial charge in [-0.15, -0.1) is 0 Å². The summed E-state index contributed by atoms with van der Waals surface area (Å²) in [6.45, 7) is 0.539. The van der Waals surface area contributed by atoms with Gasteiger partial charge in [-0.3, -0.25) is 9.59 Å². The molecular formula is C18H20F2N2O2. The zero-order chi connectivity index (χ0) is 16.9. The molecular weight excluding hydrogens is 314 g/mol. The summed E-state index contributed by atoms with van der Waals surface area (Å²) in [6.07, 6.45) is 4.32. The molecule has 4 nitrogen and oxygen atoms in total. The molecule has 1 atom stereocenters. The van der Waals surface area contributed by atoms with Gasteiger partial charge in [0.1, 0.15) is 11.6 Å². The molecule has 0 spiro atoms. The molecule has 6 heteroatoms. The zero-order valence-electron chi connectivity index (χ0n) is 13.4. The first-order valence-corrected chi connectivity index (χ1v) is 8.55. The Hall–Kier alpha value is -1.98. The maximum absolute atomic E-state index is 14.2. The summed E-state index contributed by atoms with van der Waals surface area (Å²) in [5.74, 6) is -1.48. The molecule has 1 N–H and O–H groups in total. The van der Waals surface area contributed by atoms with Gasteiger partial charge >= 0.3 is 0 Å². The van der Waals surface area contributed by atoms with Crippen molar-refractivity contribution in [2.45, 2.75) is 56.0 Å². The number of carbonyl (C=O) groups is 2. The normalized spacial score (nSPS) is 25.5. The monoisotopic (exact) mass is 334 g/mol. The van der Waals surface area contributed by atoms with E-state index in [0.29, 0.717) is 31.8 Å². The number of rotatable bonds is 4. The highest BCUT2D eigenvalue weighted by molar-refractivity contribution is 5.90. The van der Waals surface area contributed by atoms with E-state index >= 15 is 0 Å². The Morgan fingerprint density at radius 2 is 2.00 bits per heavy atom. The van der Waals surface area contributed by atoms with Crippen LogP contribution in [-0.4, -0.2) is 35.3 Å². The predicted molar refractivity (Wildman–Crippen MR) is 83.2 cm³/mol. The quantitative estimate of drug-likeness (QED) is 0.918. The van der Waals surface area contributed by atoms with Gasteiger partial charge < -0.3 is 10.2 Å². The van der Waals surface area contributed by atoms with Gasteiger partial charge in [0, 0.05) is 30.6 Å². The maximum Gasteiger partial charge on any atom is 0.231 e. The lowest BCUT2D eigenvalue weighted by atomic mass is 9.63. The van der Waals surface area contributed by atoms with Gasteiger partial charge in [-0.05, 0) is 31.7 Å². The topological polar surface area (TPSA) is 49.4 Å². The van der Waals surface area contributed by atoms with Gasteiger partial charge in [0.05, 0.1) is 11.5 Å². The van der Waals surface area contributed by atoms with Crippen molar-refractivity contribution in [3.63, 3.8) is 0 Å². The molecule has 1 saturated heterocycles.